The number of nitrogens with zero attached hydrogens (tertiary/aromatic N) is 1. The number of para-hydroxylation sites is 2. The van der Waals surface area contributed by atoms with E-state index < -0.39 is 5.82 Å². The van der Waals surface area contributed by atoms with Crippen LogP contribution in [0.3, 0.4) is 0 Å². The Morgan fingerprint density at radius 2 is 2.04 bits per heavy atom. The zero-order valence-corrected chi connectivity index (χ0v) is 13.8. The van der Waals surface area contributed by atoms with Crippen molar-refractivity contribution in [2.24, 2.45) is 0 Å². The highest BCUT2D eigenvalue weighted by Crippen LogP contribution is 2.19. The molecule has 1 heterocycles. The van der Waals surface area contributed by atoms with Gasteiger partial charge in [0.1, 0.15) is 18.2 Å². The predicted molar refractivity (Wildman–Crippen MR) is 88.3 cm³/mol. The highest BCUT2D eigenvalue weighted by atomic mass is 79.9. The second-order valence-corrected chi connectivity index (χ2v) is 5.93. The smallest absolute Gasteiger partial charge is 0.306 e. The maximum Gasteiger partial charge on any atom is 0.306 e. The number of hydrogen-bond donors (Lipinski definition) is 1. The molecule has 1 N–H and O–H groups in total. The van der Waals surface area contributed by atoms with E-state index in [1.165, 1.54) is 0 Å². The molecule has 2 aromatic carbocycles. The Balaban J connectivity index is 1.54. The first-order chi connectivity index (χ1) is 11.1. The molecule has 0 saturated heterocycles. The minimum Gasteiger partial charge on any atom is -0.461 e. The third kappa shape index (κ3) is 3.76. The van der Waals surface area contributed by atoms with Gasteiger partial charge in [0.05, 0.1) is 21.9 Å². The Bertz CT molecular complexity index is 814. The van der Waals surface area contributed by atoms with Crippen LogP contribution < -0.4 is 0 Å². The van der Waals surface area contributed by atoms with Crippen LogP contribution in [0.25, 0.3) is 11.0 Å². The Morgan fingerprint density at radius 1 is 1.22 bits per heavy atom. The number of aromatic amines is 1. The molecule has 0 radical (unpaired) electrons. The summed E-state index contributed by atoms with van der Waals surface area (Å²) in [5, 5.41) is 0. The first-order valence-electron chi connectivity index (χ1n) is 7.15. The summed E-state index contributed by atoms with van der Waals surface area (Å²) in [6, 6.07) is 12.6. The lowest BCUT2D eigenvalue weighted by molar-refractivity contribution is -0.145. The molecular weight excluding hydrogens is 363 g/mol. The summed E-state index contributed by atoms with van der Waals surface area (Å²) in [6.07, 6.45) is 0.643. The number of imidazole rings is 1. The summed E-state index contributed by atoms with van der Waals surface area (Å²) >= 11 is 3.10. The number of nitrogens with one attached hydrogen (secondary N) is 1. The lowest BCUT2D eigenvalue weighted by Gasteiger charge is -2.06. The van der Waals surface area contributed by atoms with Crippen LogP contribution in [0.2, 0.25) is 0 Å². The number of benzene rings is 2. The van der Waals surface area contributed by atoms with Crippen LogP contribution in [0.5, 0.6) is 0 Å². The van der Waals surface area contributed by atoms with Crippen molar-refractivity contribution in [2.45, 2.75) is 19.4 Å². The molecule has 0 amide bonds. The van der Waals surface area contributed by atoms with E-state index in [9.17, 15) is 9.18 Å². The number of hydrogen-bond acceptors (Lipinski definition) is 3. The zero-order valence-electron chi connectivity index (χ0n) is 12.2. The predicted octanol–water partition coefficient (Wildman–Crippen LogP) is 4.14. The average Bonchev–Trinajstić information content (AvgIpc) is 2.97. The van der Waals surface area contributed by atoms with Crippen LogP contribution >= 0.6 is 15.9 Å². The minimum atomic E-state index is -0.405. The van der Waals surface area contributed by atoms with E-state index in [1.807, 2.05) is 24.3 Å². The first-order valence-corrected chi connectivity index (χ1v) is 7.95. The highest BCUT2D eigenvalue weighted by Gasteiger charge is 2.10. The van der Waals surface area contributed by atoms with Crippen LogP contribution in [0, 0.1) is 5.82 Å². The number of fused-ring (bicyclic) bond motifs is 1. The molecule has 3 rings (SSSR count). The Hall–Kier alpha value is -2.21. The van der Waals surface area contributed by atoms with Crippen molar-refractivity contribution in [1.29, 1.82) is 0 Å². The fraction of sp³-hybridized carbons (Fsp3) is 0.176. The SMILES string of the molecule is O=C(CCc1nc2ccccc2[nH]1)OCc1cccc(Br)c1F. The van der Waals surface area contributed by atoms with Gasteiger partial charge in [0.2, 0.25) is 0 Å². The maximum atomic E-state index is 13.8. The lowest BCUT2D eigenvalue weighted by atomic mass is 10.2. The van der Waals surface area contributed by atoms with Crippen molar-refractivity contribution in [1.82, 2.24) is 9.97 Å². The number of ether oxygens (including phenoxy) is 1. The minimum absolute atomic E-state index is 0.0791. The molecule has 118 valence electrons. The molecule has 3 aromatic rings. The summed E-state index contributed by atoms with van der Waals surface area (Å²) in [6.45, 7) is -0.0791. The Kier molecular flexibility index (Phi) is 4.71. The van der Waals surface area contributed by atoms with Gasteiger partial charge in [-0.05, 0) is 34.1 Å². The van der Waals surface area contributed by atoms with Crippen LogP contribution in [0.4, 0.5) is 4.39 Å². The Morgan fingerprint density at radius 3 is 2.87 bits per heavy atom. The quantitative estimate of drug-likeness (QED) is 0.680. The van der Waals surface area contributed by atoms with E-state index in [0.29, 0.717) is 16.5 Å². The van der Waals surface area contributed by atoms with E-state index >= 15 is 0 Å². The van der Waals surface area contributed by atoms with Crippen molar-refractivity contribution in [3.8, 4) is 0 Å². The molecule has 23 heavy (non-hydrogen) atoms. The number of aromatic nitrogens is 2. The van der Waals surface area contributed by atoms with Crippen LogP contribution in [-0.4, -0.2) is 15.9 Å². The first kappa shape index (κ1) is 15.7. The van der Waals surface area contributed by atoms with Crippen molar-refractivity contribution < 1.29 is 13.9 Å². The van der Waals surface area contributed by atoms with E-state index in [-0.39, 0.29) is 19.0 Å². The molecule has 0 atom stereocenters. The van der Waals surface area contributed by atoms with Crippen molar-refractivity contribution in [2.75, 3.05) is 0 Å². The average molecular weight is 377 g/mol. The number of esters is 1. The number of carbonyl (C=O) groups is 1. The lowest BCUT2D eigenvalue weighted by Crippen LogP contribution is -2.07. The molecule has 0 unspecified atom stereocenters. The Labute approximate surface area is 140 Å². The third-order valence-electron chi connectivity index (χ3n) is 3.42. The van der Waals surface area contributed by atoms with E-state index in [2.05, 4.69) is 25.9 Å². The van der Waals surface area contributed by atoms with Gasteiger partial charge in [-0.25, -0.2) is 9.37 Å². The van der Waals surface area contributed by atoms with Crippen LogP contribution in [0.1, 0.15) is 17.8 Å². The largest absolute Gasteiger partial charge is 0.461 e. The van der Waals surface area contributed by atoms with E-state index in [4.69, 9.17) is 4.74 Å². The van der Waals surface area contributed by atoms with Gasteiger partial charge in [-0.1, -0.05) is 24.3 Å². The van der Waals surface area contributed by atoms with Gasteiger partial charge < -0.3 is 9.72 Å². The van der Waals surface area contributed by atoms with Gasteiger partial charge in [0.25, 0.3) is 0 Å². The summed E-state index contributed by atoms with van der Waals surface area (Å²) in [5.41, 5.74) is 2.15. The normalized spacial score (nSPS) is 10.9. The van der Waals surface area contributed by atoms with Gasteiger partial charge in [-0.2, -0.15) is 0 Å². The number of rotatable bonds is 5. The molecule has 0 aliphatic heterocycles. The summed E-state index contributed by atoms with van der Waals surface area (Å²) in [7, 11) is 0. The topological polar surface area (TPSA) is 55.0 Å². The molecule has 0 aliphatic carbocycles. The van der Waals surface area contributed by atoms with Gasteiger partial charge >= 0.3 is 5.97 Å². The van der Waals surface area contributed by atoms with Gasteiger partial charge in [-0.15, -0.1) is 0 Å². The molecule has 0 fully saturated rings. The molecule has 1 aromatic heterocycles. The molecule has 0 spiro atoms. The summed E-state index contributed by atoms with van der Waals surface area (Å²) in [4.78, 5) is 19.4. The highest BCUT2D eigenvalue weighted by molar-refractivity contribution is 9.10. The van der Waals surface area contributed by atoms with Gasteiger partial charge in [-0.3, -0.25) is 4.79 Å². The van der Waals surface area contributed by atoms with Crippen molar-refractivity contribution in [3.63, 3.8) is 0 Å². The van der Waals surface area contributed by atoms with E-state index in [0.717, 1.165) is 16.9 Å². The zero-order chi connectivity index (χ0) is 16.2. The number of carbonyl (C=O) groups excluding carboxylic acids is 1. The standard InChI is InChI=1S/C17H14BrFN2O2/c18-12-5-3-4-11(17(12)19)10-23-16(22)9-8-15-20-13-6-1-2-7-14(13)21-15/h1-7H,8-10H2,(H,20,21). The molecule has 6 heteroatoms. The molecule has 0 saturated carbocycles. The number of aryl methyl sites for hydroxylation is 1. The monoisotopic (exact) mass is 376 g/mol. The second kappa shape index (κ2) is 6.91. The fourth-order valence-electron chi connectivity index (χ4n) is 2.23. The molecule has 0 bridgehead atoms. The van der Waals surface area contributed by atoms with Crippen LogP contribution in [-0.2, 0) is 22.6 Å². The molecule has 0 aliphatic rings. The van der Waals surface area contributed by atoms with Gasteiger partial charge in [0.15, 0.2) is 0 Å². The number of H-pyrrole nitrogens is 1. The summed E-state index contributed by atoms with van der Waals surface area (Å²) < 4.78 is 19.2. The van der Waals surface area contributed by atoms with E-state index in [1.54, 1.807) is 18.2 Å². The van der Waals surface area contributed by atoms with Crippen LogP contribution in [0.15, 0.2) is 46.9 Å². The molecule has 4 nitrogen and oxygen atoms in total. The maximum absolute atomic E-state index is 13.8. The second-order valence-electron chi connectivity index (χ2n) is 5.07. The van der Waals surface area contributed by atoms with Crippen molar-refractivity contribution in [3.05, 3.63) is 64.1 Å². The van der Waals surface area contributed by atoms with Crippen molar-refractivity contribution >= 4 is 32.9 Å². The molecular formula is C17H14BrFN2O2. The fourth-order valence-corrected chi connectivity index (χ4v) is 2.64. The number of halogens is 2. The third-order valence-corrected chi connectivity index (χ3v) is 4.04. The van der Waals surface area contributed by atoms with Gasteiger partial charge in [0, 0.05) is 12.0 Å². The summed E-state index contributed by atoms with van der Waals surface area (Å²) in [5.74, 6) is -0.0563.